The third kappa shape index (κ3) is 5.80. The predicted octanol–water partition coefficient (Wildman–Crippen LogP) is 4.50. The van der Waals surface area contributed by atoms with Gasteiger partial charge >= 0.3 is 5.97 Å². The number of halogens is 1. The van der Waals surface area contributed by atoms with Crippen molar-refractivity contribution >= 4 is 29.3 Å². The molecule has 1 atom stereocenters. The molecule has 1 N–H and O–H groups in total. The number of hydrogen-bond acceptors (Lipinski definition) is 5. The molecule has 2 aromatic carbocycles. The van der Waals surface area contributed by atoms with Crippen LogP contribution in [0.1, 0.15) is 22.8 Å². The number of nitrogens with zero attached hydrogens (tertiary/aromatic N) is 1. The van der Waals surface area contributed by atoms with Crippen molar-refractivity contribution in [2.45, 2.75) is 19.6 Å². The molecule has 0 aliphatic rings. The highest BCUT2D eigenvalue weighted by molar-refractivity contribution is 6.30. The first kappa shape index (κ1) is 20.4. The number of ether oxygens (including phenoxy) is 2. The Morgan fingerprint density at radius 1 is 1.03 bits per heavy atom. The molecule has 0 spiro atoms. The Labute approximate surface area is 173 Å². The Balaban J connectivity index is 1.62. The minimum absolute atomic E-state index is 0.199. The van der Waals surface area contributed by atoms with Crippen LogP contribution in [0.3, 0.4) is 0 Å². The van der Waals surface area contributed by atoms with Gasteiger partial charge in [-0.05, 0) is 37.3 Å². The molecular weight excluding hydrogens is 392 g/mol. The summed E-state index contributed by atoms with van der Waals surface area (Å²) in [6, 6.07) is 19.4. The van der Waals surface area contributed by atoms with Crippen molar-refractivity contribution in [1.29, 1.82) is 0 Å². The lowest BCUT2D eigenvalue weighted by Crippen LogP contribution is -2.30. The molecule has 0 saturated heterocycles. The first-order valence-electron chi connectivity index (χ1n) is 8.92. The average Bonchev–Trinajstić information content (AvgIpc) is 2.74. The first-order chi connectivity index (χ1) is 14.0. The van der Waals surface area contributed by atoms with E-state index in [1.54, 1.807) is 30.3 Å². The summed E-state index contributed by atoms with van der Waals surface area (Å²) in [5, 5.41) is 3.03. The molecule has 1 aromatic heterocycles. The molecule has 7 heteroatoms. The third-order valence-corrected chi connectivity index (χ3v) is 4.23. The summed E-state index contributed by atoms with van der Waals surface area (Å²) in [4.78, 5) is 28.9. The Bertz CT molecular complexity index is 978. The minimum atomic E-state index is -1.01. The van der Waals surface area contributed by atoms with Gasteiger partial charge in [-0.25, -0.2) is 9.78 Å². The van der Waals surface area contributed by atoms with Crippen LogP contribution in [0.25, 0.3) is 0 Å². The smallest absolute Gasteiger partial charge is 0.339 e. The van der Waals surface area contributed by atoms with Gasteiger partial charge in [-0.15, -0.1) is 0 Å². The van der Waals surface area contributed by atoms with Gasteiger partial charge in [0.05, 0.1) is 10.6 Å². The first-order valence-corrected chi connectivity index (χ1v) is 9.30. The number of anilines is 1. The number of aromatic nitrogens is 1. The number of para-hydroxylation sites is 1. The van der Waals surface area contributed by atoms with Crippen molar-refractivity contribution in [2.75, 3.05) is 5.32 Å². The molecule has 3 aromatic rings. The molecular formula is C22H19ClN2O4. The van der Waals surface area contributed by atoms with Crippen LogP contribution >= 0.6 is 11.6 Å². The molecule has 3 rings (SSSR count). The highest BCUT2D eigenvalue weighted by Gasteiger charge is 2.21. The van der Waals surface area contributed by atoms with Crippen LogP contribution in [0, 0.1) is 0 Å². The van der Waals surface area contributed by atoms with E-state index in [4.69, 9.17) is 21.1 Å². The Hall–Kier alpha value is -3.38. The fourth-order valence-corrected chi connectivity index (χ4v) is 2.59. The van der Waals surface area contributed by atoms with E-state index in [0.717, 1.165) is 0 Å². The van der Waals surface area contributed by atoms with Crippen molar-refractivity contribution in [1.82, 2.24) is 4.98 Å². The topological polar surface area (TPSA) is 77.5 Å². The van der Waals surface area contributed by atoms with Gasteiger partial charge in [0.15, 0.2) is 6.10 Å². The number of carbonyl (C=O) groups is 2. The van der Waals surface area contributed by atoms with Crippen LogP contribution in [0.2, 0.25) is 5.02 Å². The Kier molecular flexibility index (Phi) is 6.81. The quantitative estimate of drug-likeness (QED) is 0.580. The van der Waals surface area contributed by atoms with Crippen molar-refractivity contribution < 1.29 is 19.1 Å². The molecule has 0 radical (unpaired) electrons. The summed E-state index contributed by atoms with van der Waals surface area (Å²) in [6.07, 6.45) is 0.402. The van der Waals surface area contributed by atoms with Gasteiger partial charge in [-0.2, -0.15) is 0 Å². The molecule has 148 valence electrons. The molecule has 0 fully saturated rings. The van der Waals surface area contributed by atoms with Gasteiger partial charge in [-0.3, -0.25) is 4.79 Å². The summed E-state index contributed by atoms with van der Waals surface area (Å²) in [6.45, 7) is 1.69. The lowest BCUT2D eigenvalue weighted by atomic mass is 10.1. The summed E-state index contributed by atoms with van der Waals surface area (Å²) >= 11 is 5.77. The summed E-state index contributed by atoms with van der Waals surface area (Å²) in [5.74, 6) is -0.0898. The predicted molar refractivity (Wildman–Crippen MR) is 110 cm³/mol. The van der Waals surface area contributed by atoms with E-state index in [0.29, 0.717) is 27.7 Å². The number of hydrogen-bond donors (Lipinski definition) is 1. The molecule has 0 unspecified atom stereocenters. The van der Waals surface area contributed by atoms with Crippen LogP contribution in [0.5, 0.6) is 5.75 Å². The molecule has 6 nitrogen and oxygen atoms in total. The molecule has 0 aliphatic carbocycles. The number of carbonyl (C=O) groups excluding carboxylic acids is 2. The maximum Gasteiger partial charge on any atom is 0.339 e. The number of pyridine rings is 1. The third-order valence-electron chi connectivity index (χ3n) is 4.01. The summed E-state index contributed by atoms with van der Waals surface area (Å²) < 4.78 is 11.0. The second-order valence-electron chi connectivity index (χ2n) is 6.16. The van der Waals surface area contributed by atoms with Gasteiger partial charge < -0.3 is 14.8 Å². The number of rotatable bonds is 7. The summed E-state index contributed by atoms with van der Waals surface area (Å²) in [5.41, 5.74) is 1.00. The SMILES string of the molecule is C[C@H](OC(=O)c1ccccc1COc1ccccc1)C(=O)Nc1ccc(Cl)cn1. The van der Waals surface area contributed by atoms with E-state index < -0.39 is 18.0 Å². The highest BCUT2D eigenvalue weighted by atomic mass is 35.5. The monoisotopic (exact) mass is 410 g/mol. The van der Waals surface area contributed by atoms with E-state index in [1.807, 2.05) is 36.4 Å². The fourth-order valence-electron chi connectivity index (χ4n) is 2.48. The average molecular weight is 411 g/mol. The molecule has 0 aliphatic heterocycles. The van der Waals surface area contributed by atoms with E-state index in [-0.39, 0.29) is 6.61 Å². The molecule has 1 heterocycles. The van der Waals surface area contributed by atoms with Gasteiger partial charge in [0.25, 0.3) is 5.91 Å². The molecule has 1 amide bonds. The van der Waals surface area contributed by atoms with Crippen LogP contribution in [-0.4, -0.2) is 23.0 Å². The number of nitrogens with one attached hydrogen (secondary N) is 1. The van der Waals surface area contributed by atoms with E-state index >= 15 is 0 Å². The summed E-state index contributed by atoms with van der Waals surface area (Å²) in [7, 11) is 0. The van der Waals surface area contributed by atoms with Crippen molar-refractivity contribution in [2.24, 2.45) is 0 Å². The number of amides is 1. The molecule has 29 heavy (non-hydrogen) atoms. The number of esters is 1. The minimum Gasteiger partial charge on any atom is -0.489 e. The zero-order valence-electron chi connectivity index (χ0n) is 15.7. The van der Waals surface area contributed by atoms with Crippen LogP contribution in [-0.2, 0) is 16.1 Å². The Morgan fingerprint density at radius 3 is 2.48 bits per heavy atom. The number of benzene rings is 2. The maximum absolute atomic E-state index is 12.6. The second-order valence-corrected chi connectivity index (χ2v) is 6.59. The zero-order chi connectivity index (χ0) is 20.6. The van der Waals surface area contributed by atoms with Crippen LogP contribution < -0.4 is 10.1 Å². The van der Waals surface area contributed by atoms with Crippen LogP contribution in [0.4, 0.5) is 5.82 Å². The normalized spacial score (nSPS) is 11.4. The van der Waals surface area contributed by atoms with Gasteiger partial charge in [0, 0.05) is 11.8 Å². The standard InChI is InChI=1S/C22H19ClN2O4/c1-15(21(26)25-20-12-11-17(23)13-24-20)29-22(27)19-10-6-5-7-16(19)14-28-18-8-3-2-4-9-18/h2-13,15H,14H2,1H3,(H,24,25,26)/t15-/m0/s1. The van der Waals surface area contributed by atoms with Gasteiger partial charge in [-0.1, -0.05) is 48.0 Å². The van der Waals surface area contributed by atoms with E-state index in [2.05, 4.69) is 10.3 Å². The zero-order valence-corrected chi connectivity index (χ0v) is 16.4. The van der Waals surface area contributed by atoms with Crippen molar-refractivity contribution in [3.8, 4) is 5.75 Å². The second kappa shape index (κ2) is 9.71. The molecule has 0 saturated carbocycles. The fraction of sp³-hybridized carbons (Fsp3) is 0.136. The van der Waals surface area contributed by atoms with Gasteiger partial charge in [0.2, 0.25) is 0 Å². The Morgan fingerprint density at radius 2 is 1.76 bits per heavy atom. The van der Waals surface area contributed by atoms with E-state index in [9.17, 15) is 9.59 Å². The molecule has 0 bridgehead atoms. The largest absolute Gasteiger partial charge is 0.489 e. The lowest BCUT2D eigenvalue weighted by molar-refractivity contribution is -0.123. The van der Waals surface area contributed by atoms with Gasteiger partial charge in [0.1, 0.15) is 18.2 Å². The highest BCUT2D eigenvalue weighted by Crippen LogP contribution is 2.17. The van der Waals surface area contributed by atoms with Crippen molar-refractivity contribution in [3.63, 3.8) is 0 Å². The maximum atomic E-state index is 12.6. The van der Waals surface area contributed by atoms with Crippen LogP contribution in [0.15, 0.2) is 72.9 Å². The lowest BCUT2D eigenvalue weighted by Gasteiger charge is -2.15. The van der Waals surface area contributed by atoms with E-state index in [1.165, 1.54) is 13.1 Å². The van der Waals surface area contributed by atoms with Crippen molar-refractivity contribution in [3.05, 3.63) is 89.1 Å².